The maximum absolute atomic E-state index is 14.3. The van der Waals surface area contributed by atoms with Gasteiger partial charge in [-0.15, -0.1) is 18.3 Å². The summed E-state index contributed by atoms with van der Waals surface area (Å²) in [6.07, 6.45) is 5.23. The normalized spacial score (nSPS) is 30.9. The van der Waals surface area contributed by atoms with E-state index < -0.39 is 40.2 Å². The molecular formula is C26H40N2O5S. The summed E-state index contributed by atoms with van der Waals surface area (Å²) in [6, 6.07) is -1.23. The van der Waals surface area contributed by atoms with Gasteiger partial charge in [-0.1, -0.05) is 32.6 Å². The fourth-order valence-electron chi connectivity index (χ4n) is 6.06. The van der Waals surface area contributed by atoms with E-state index in [1.807, 2.05) is 34.6 Å². The molecule has 0 radical (unpaired) electrons. The first-order valence-corrected chi connectivity index (χ1v) is 13.1. The molecule has 8 heteroatoms. The molecule has 1 spiro atoms. The molecule has 2 amide bonds. The highest BCUT2D eigenvalue weighted by atomic mass is 32.2. The minimum absolute atomic E-state index is 0.0520. The van der Waals surface area contributed by atoms with Crippen molar-refractivity contribution in [1.29, 1.82) is 0 Å². The van der Waals surface area contributed by atoms with E-state index in [0.29, 0.717) is 19.4 Å². The molecule has 0 aromatic heterocycles. The Morgan fingerprint density at radius 3 is 2.53 bits per heavy atom. The average molecular weight is 493 g/mol. The van der Waals surface area contributed by atoms with Gasteiger partial charge in [0.2, 0.25) is 11.8 Å². The molecule has 0 saturated carbocycles. The number of fused-ring (bicyclic) bond motifs is 1. The predicted molar refractivity (Wildman–Crippen MR) is 134 cm³/mol. The first-order valence-electron chi connectivity index (χ1n) is 12.2. The van der Waals surface area contributed by atoms with Gasteiger partial charge in [0.25, 0.3) is 0 Å². The zero-order valence-corrected chi connectivity index (χ0v) is 22.0. The minimum atomic E-state index is -0.743. The van der Waals surface area contributed by atoms with Gasteiger partial charge in [0.15, 0.2) is 0 Å². The van der Waals surface area contributed by atoms with Gasteiger partial charge in [-0.25, -0.2) is 0 Å². The first kappa shape index (κ1) is 26.8. The van der Waals surface area contributed by atoms with E-state index in [1.165, 1.54) is 6.08 Å². The number of carbonyl (C=O) groups is 3. The van der Waals surface area contributed by atoms with Crippen LogP contribution < -0.4 is 0 Å². The second-order valence-electron chi connectivity index (χ2n) is 11.1. The van der Waals surface area contributed by atoms with Crippen molar-refractivity contribution in [2.75, 3.05) is 19.8 Å². The number of amides is 2. The van der Waals surface area contributed by atoms with Gasteiger partial charge in [-0.05, 0) is 46.0 Å². The Morgan fingerprint density at radius 1 is 1.32 bits per heavy atom. The summed E-state index contributed by atoms with van der Waals surface area (Å²) >= 11 is 1.61. The molecule has 0 aliphatic carbocycles. The maximum Gasteiger partial charge on any atom is 0.311 e. The van der Waals surface area contributed by atoms with E-state index >= 15 is 0 Å². The molecule has 2 unspecified atom stereocenters. The summed E-state index contributed by atoms with van der Waals surface area (Å²) in [4.78, 5) is 44.8. The van der Waals surface area contributed by atoms with Crippen molar-refractivity contribution in [3.63, 3.8) is 0 Å². The van der Waals surface area contributed by atoms with E-state index in [-0.39, 0.29) is 36.2 Å². The number of carbonyl (C=O) groups excluding carboxylic acids is 3. The number of likely N-dealkylation sites (tertiary alicyclic amines) is 1. The largest absolute Gasteiger partial charge is 0.461 e. The number of aliphatic hydroxyl groups excluding tert-OH is 1. The Labute approximate surface area is 208 Å². The summed E-state index contributed by atoms with van der Waals surface area (Å²) < 4.78 is 4.70. The van der Waals surface area contributed by atoms with E-state index in [1.54, 1.807) is 27.6 Å². The van der Waals surface area contributed by atoms with Crippen LogP contribution in [0.2, 0.25) is 0 Å². The van der Waals surface area contributed by atoms with Crippen LogP contribution in [-0.2, 0) is 19.1 Å². The van der Waals surface area contributed by atoms with Crippen LogP contribution in [0.25, 0.3) is 0 Å². The Kier molecular flexibility index (Phi) is 7.92. The molecule has 7 nitrogen and oxygen atoms in total. The Balaban J connectivity index is 2.11. The fraction of sp³-hybridized carbons (Fsp3) is 0.731. The van der Waals surface area contributed by atoms with Crippen LogP contribution >= 0.6 is 11.8 Å². The SMILES string of the molecule is C=CCOC(=O)[C@@H]1[C@@H]2CCC3(S2)C(C(=O)N(CC=C)C(C)(C)C)N([C@@H](CO)CC(C)C)C(=O)[C@H]13. The molecule has 0 aromatic carbocycles. The molecule has 0 aromatic rings. The molecule has 1 N–H and O–H groups in total. The van der Waals surface area contributed by atoms with Crippen LogP contribution in [0, 0.1) is 17.8 Å². The standard InChI is InChI=1S/C26H40N2O5S/c1-8-12-27(25(5,6)7)23(31)21-26-11-10-18(34-26)19(24(32)33-13-9-2)20(26)22(30)28(21)17(15-29)14-16(3)4/h8-9,16-21,29H,1-2,10-15H2,3-7H3/t17-,18+,19-,20+,21?,26?/m1/s1. The van der Waals surface area contributed by atoms with E-state index in [2.05, 4.69) is 13.2 Å². The van der Waals surface area contributed by atoms with Gasteiger partial charge >= 0.3 is 5.97 Å². The lowest BCUT2D eigenvalue weighted by atomic mass is 9.71. The van der Waals surface area contributed by atoms with Crippen LogP contribution in [0.4, 0.5) is 0 Å². The second kappa shape index (κ2) is 10.1. The lowest BCUT2D eigenvalue weighted by molar-refractivity contribution is -0.153. The molecule has 34 heavy (non-hydrogen) atoms. The van der Waals surface area contributed by atoms with Gasteiger partial charge in [-0.2, -0.15) is 0 Å². The summed E-state index contributed by atoms with van der Waals surface area (Å²) in [5, 5.41) is 10.3. The van der Waals surface area contributed by atoms with Crippen molar-refractivity contribution < 1.29 is 24.2 Å². The van der Waals surface area contributed by atoms with Crippen molar-refractivity contribution in [2.24, 2.45) is 17.8 Å². The Bertz CT molecular complexity index is 838. The first-order chi connectivity index (χ1) is 15.9. The van der Waals surface area contributed by atoms with Gasteiger partial charge in [0.1, 0.15) is 12.6 Å². The third kappa shape index (κ3) is 4.43. The number of thioether (sulfide) groups is 1. The van der Waals surface area contributed by atoms with Crippen molar-refractivity contribution in [1.82, 2.24) is 9.80 Å². The molecule has 3 fully saturated rings. The Hall–Kier alpha value is -1.80. The minimum Gasteiger partial charge on any atom is -0.461 e. The highest BCUT2D eigenvalue weighted by Gasteiger charge is 2.75. The van der Waals surface area contributed by atoms with Crippen molar-refractivity contribution in [2.45, 2.75) is 81.5 Å². The van der Waals surface area contributed by atoms with Crippen molar-refractivity contribution in [3.8, 4) is 0 Å². The highest BCUT2D eigenvalue weighted by molar-refractivity contribution is 8.02. The summed E-state index contributed by atoms with van der Waals surface area (Å²) in [5.41, 5.74) is -0.481. The number of nitrogens with zero attached hydrogens (tertiary/aromatic N) is 2. The molecular weight excluding hydrogens is 452 g/mol. The molecule has 3 saturated heterocycles. The van der Waals surface area contributed by atoms with Crippen LogP contribution in [0.3, 0.4) is 0 Å². The maximum atomic E-state index is 14.3. The number of hydrogen-bond acceptors (Lipinski definition) is 6. The number of aliphatic hydroxyl groups is 1. The van der Waals surface area contributed by atoms with Crippen LogP contribution in [0.1, 0.15) is 53.9 Å². The van der Waals surface area contributed by atoms with Crippen molar-refractivity contribution in [3.05, 3.63) is 25.3 Å². The number of hydrogen-bond donors (Lipinski definition) is 1. The predicted octanol–water partition coefficient (Wildman–Crippen LogP) is 3.03. The Morgan fingerprint density at radius 2 is 2.00 bits per heavy atom. The number of rotatable bonds is 10. The van der Waals surface area contributed by atoms with Gasteiger partial charge in [-0.3, -0.25) is 14.4 Å². The van der Waals surface area contributed by atoms with Gasteiger partial charge in [0, 0.05) is 17.3 Å². The molecule has 6 atom stereocenters. The second-order valence-corrected chi connectivity index (χ2v) is 12.7. The molecule has 3 aliphatic heterocycles. The van der Waals surface area contributed by atoms with Crippen LogP contribution in [-0.4, -0.2) is 80.1 Å². The van der Waals surface area contributed by atoms with Gasteiger partial charge in [0.05, 0.1) is 29.2 Å². The monoisotopic (exact) mass is 492 g/mol. The molecule has 3 rings (SSSR count). The summed E-state index contributed by atoms with van der Waals surface area (Å²) in [5.74, 6) is -1.74. The summed E-state index contributed by atoms with van der Waals surface area (Å²) in [6.45, 7) is 17.6. The third-order valence-electron chi connectivity index (χ3n) is 7.32. The molecule has 3 aliphatic rings. The number of ether oxygens (including phenoxy) is 1. The van der Waals surface area contributed by atoms with E-state index in [9.17, 15) is 19.5 Å². The number of esters is 1. The molecule has 2 bridgehead atoms. The molecule has 3 heterocycles. The van der Waals surface area contributed by atoms with Crippen molar-refractivity contribution >= 4 is 29.5 Å². The summed E-state index contributed by atoms with van der Waals surface area (Å²) in [7, 11) is 0. The van der Waals surface area contributed by atoms with E-state index in [0.717, 1.165) is 6.42 Å². The molecule has 190 valence electrons. The van der Waals surface area contributed by atoms with Gasteiger partial charge < -0.3 is 19.6 Å². The lowest BCUT2D eigenvalue weighted by Crippen LogP contribution is -2.60. The van der Waals surface area contributed by atoms with Crippen LogP contribution in [0.5, 0.6) is 0 Å². The fourth-order valence-corrected chi connectivity index (χ4v) is 8.25. The zero-order chi connectivity index (χ0) is 25.4. The lowest BCUT2D eigenvalue weighted by Gasteiger charge is -2.43. The van der Waals surface area contributed by atoms with Crippen LogP contribution in [0.15, 0.2) is 25.3 Å². The highest BCUT2D eigenvalue weighted by Crippen LogP contribution is 2.67. The zero-order valence-electron chi connectivity index (χ0n) is 21.2. The smallest absolute Gasteiger partial charge is 0.311 e. The quantitative estimate of drug-likeness (QED) is 0.373. The van der Waals surface area contributed by atoms with E-state index in [4.69, 9.17) is 4.74 Å². The average Bonchev–Trinajstić information content (AvgIpc) is 3.40. The topological polar surface area (TPSA) is 87.2 Å². The third-order valence-corrected chi connectivity index (χ3v) is 9.27.